The highest BCUT2D eigenvalue weighted by Gasteiger charge is 2.50. The first-order valence-electron chi connectivity index (χ1n) is 13.6. The Balaban J connectivity index is 1.10. The summed E-state index contributed by atoms with van der Waals surface area (Å²) in [5.74, 6) is 3.28. The standard InChI is InChI=1S/C26H50NO4P/c1-27(2,3)14-16-31-32(28,29)30-15-12-10-8-6-4-5-7-9-11-13-26-20-23-17-24(21-26)19-25(18-23)22-26/h23-25H,4-22H2,1-3H3/p+1. The fourth-order valence-electron chi connectivity index (χ4n) is 7.08. The van der Waals surface area contributed by atoms with Crippen LogP contribution in [0.5, 0.6) is 0 Å². The molecular weight excluding hydrogens is 421 g/mol. The molecule has 0 aromatic rings. The maximum absolute atomic E-state index is 11.8. The second-order valence-corrected chi connectivity index (χ2v) is 14.0. The highest BCUT2D eigenvalue weighted by Crippen LogP contribution is 2.61. The number of hydrogen-bond donors (Lipinski definition) is 1. The van der Waals surface area contributed by atoms with Crippen LogP contribution in [0.15, 0.2) is 0 Å². The van der Waals surface area contributed by atoms with Crippen molar-refractivity contribution in [2.24, 2.45) is 23.2 Å². The zero-order chi connectivity index (χ0) is 23.1. The lowest BCUT2D eigenvalue weighted by atomic mass is 9.48. The zero-order valence-corrected chi connectivity index (χ0v) is 22.1. The van der Waals surface area contributed by atoms with E-state index >= 15 is 0 Å². The Kier molecular flexibility index (Phi) is 10.1. The quantitative estimate of drug-likeness (QED) is 0.141. The molecule has 4 saturated carbocycles. The highest BCUT2D eigenvalue weighted by molar-refractivity contribution is 7.47. The van der Waals surface area contributed by atoms with Gasteiger partial charge in [-0.05, 0) is 74.5 Å². The van der Waals surface area contributed by atoms with Crippen molar-refractivity contribution in [3.8, 4) is 0 Å². The molecule has 0 aromatic heterocycles. The lowest BCUT2D eigenvalue weighted by molar-refractivity contribution is -0.870. The molecule has 1 N–H and O–H groups in total. The van der Waals surface area contributed by atoms with Gasteiger partial charge in [0.15, 0.2) is 0 Å². The highest BCUT2D eigenvalue weighted by atomic mass is 31.2. The molecule has 0 aromatic carbocycles. The van der Waals surface area contributed by atoms with Gasteiger partial charge in [0, 0.05) is 0 Å². The first-order chi connectivity index (χ1) is 15.1. The Morgan fingerprint density at radius 1 is 0.750 bits per heavy atom. The number of phosphoric ester groups is 1. The van der Waals surface area contributed by atoms with Crippen LogP contribution in [0.25, 0.3) is 0 Å². The van der Waals surface area contributed by atoms with Gasteiger partial charge >= 0.3 is 7.82 Å². The lowest BCUT2D eigenvalue weighted by Crippen LogP contribution is -2.45. The number of likely N-dealkylation sites (N-methyl/N-ethyl adjacent to an activating group) is 1. The molecule has 6 heteroatoms. The maximum Gasteiger partial charge on any atom is 0.472 e. The summed E-state index contributed by atoms with van der Waals surface area (Å²) >= 11 is 0. The van der Waals surface area contributed by atoms with Crippen LogP contribution in [-0.4, -0.2) is 50.3 Å². The summed E-state index contributed by atoms with van der Waals surface area (Å²) in [6, 6.07) is 0. The number of rotatable bonds is 17. The second-order valence-electron chi connectivity index (χ2n) is 12.5. The van der Waals surface area contributed by atoms with Crippen molar-refractivity contribution in [1.29, 1.82) is 0 Å². The van der Waals surface area contributed by atoms with Crippen LogP contribution < -0.4 is 0 Å². The van der Waals surface area contributed by atoms with Crippen molar-refractivity contribution >= 4 is 7.82 Å². The molecular formula is C26H51NO4P+. The summed E-state index contributed by atoms with van der Waals surface area (Å²) in [7, 11) is 2.19. The Hall–Kier alpha value is 0.0700. The summed E-state index contributed by atoms with van der Waals surface area (Å²) in [6.45, 7) is 1.22. The first-order valence-corrected chi connectivity index (χ1v) is 15.1. The van der Waals surface area contributed by atoms with Crippen molar-refractivity contribution in [2.45, 2.75) is 103 Å². The summed E-state index contributed by atoms with van der Waals surface area (Å²) in [6.07, 6.45) is 22.2. The van der Waals surface area contributed by atoms with Gasteiger partial charge in [-0.25, -0.2) is 4.57 Å². The molecule has 5 nitrogen and oxygen atoms in total. The molecule has 0 amide bonds. The summed E-state index contributed by atoms with van der Waals surface area (Å²) in [5.41, 5.74) is 0.770. The molecule has 32 heavy (non-hydrogen) atoms. The van der Waals surface area contributed by atoms with Crippen LogP contribution in [0.4, 0.5) is 0 Å². The van der Waals surface area contributed by atoms with Gasteiger partial charge in [-0.2, -0.15) is 0 Å². The van der Waals surface area contributed by atoms with Crippen LogP contribution in [-0.2, 0) is 13.6 Å². The Morgan fingerprint density at radius 3 is 1.69 bits per heavy atom. The van der Waals surface area contributed by atoms with Gasteiger partial charge in [0.2, 0.25) is 0 Å². The summed E-state index contributed by atoms with van der Waals surface area (Å²) in [5, 5.41) is 0. The molecule has 4 aliphatic rings. The number of unbranched alkanes of at least 4 members (excludes halogenated alkanes) is 8. The molecule has 4 rings (SSSR count). The molecule has 0 saturated heterocycles. The fraction of sp³-hybridized carbons (Fsp3) is 1.00. The predicted octanol–water partition coefficient (Wildman–Crippen LogP) is 6.94. The van der Waals surface area contributed by atoms with Gasteiger partial charge in [0.05, 0.1) is 27.7 Å². The molecule has 4 fully saturated rings. The molecule has 188 valence electrons. The summed E-state index contributed by atoms with van der Waals surface area (Å²) < 4.78 is 22.7. The minimum absolute atomic E-state index is 0.236. The van der Waals surface area contributed by atoms with E-state index in [1.807, 2.05) is 21.1 Å². The molecule has 0 spiro atoms. The van der Waals surface area contributed by atoms with Gasteiger partial charge in [0.25, 0.3) is 0 Å². The zero-order valence-electron chi connectivity index (χ0n) is 21.2. The van der Waals surface area contributed by atoms with Gasteiger partial charge in [-0.1, -0.05) is 51.4 Å². The molecule has 4 aliphatic carbocycles. The predicted molar refractivity (Wildman–Crippen MR) is 131 cm³/mol. The van der Waals surface area contributed by atoms with E-state index in [0.717, 1.165) is 36.0 Å². The van der Waals surface area contributed by atoms with Crippen molar-refractivity contribution in [3.63, 3.8) is 0 Å². The third kappa shape index (κ3) is 9.37. The second kappa shape index (κ2) is 12.2. The van der Waals surface area contributed by atoms with E-state index in [-0.39, 0.29) is 6.61 Å². The minimum Gasteiger partial charge on any atom is -0.329 e. The van der Waals surface area contributed by atoms with Crippen molar-refractivity contribution in [2.75, 3.05) is 40.9 Å². The van der Waals surface area contributed by atoms with Crippen molar-refractivity contribution in [3.05, 3.63) is 0 Å². The monoisotopic (exact) mass is 472 g/mol. The largest absolute Gasteiger partial charge is 0.472 e. The Bertz CT molecular complexity index is 568. The van der Waals surface area contributed by atoms with Crippen LogP contribution >= 0.6 is 7.82 Å². The van der Waals surface area contributed by atoms with E-state index in [4.69, 9.17) is 9.05 Å². The third-order valence-corrected chi connectivity index (χ3v) is 9.31. The van der Waals surface area contributed by atoms with E-state index in [2.05, 4.69) is 0 Å². The van der Waals surface area contributed by atoms with Crippen molar-refractivity contribution in [1.82, 2.24) is 0 Å². The third-order valence-electron chi connectivity index (χ3n) is 8.29. The topological polar surface area (TPSA) is 55.8 Å². The van der Waals surface area contributed by atoms with Crippen LogP contribution in [0.3, 0.4) is 0 Å². The van der Waals surface area contributed by atoms with Gasteiger partial charge in [-0.3, -0.25) is 9.05 Å². The summed E-state index contributed by atoms with van der Waals surface area (Å²) in [4.78, 5) is 9.71. The van der Waals surface area contributed by atoms with Crippen LogP contribution in [0, 0.1) is 23.2 Å². The number of quaternary nitrogens is 1. The van der Waals surface area contributed by atoms with E-state index in [1.165, 1.54) is 51.4 Å². The molecule has 0 radical (unpaired) electrons. The molecule has 1 atom stereocenters. The smallest absolute Gasteiger partial charge is 0.329 e. The number of nitrogens with zero attached hydrogens (tertiary/aromatic N) is 1. The van der Waals surface area contributed by atoms with E-state index < -0.39 is 7.82 Å². The van der Waals surface area contributed by atoms with E-state index in [9.17, 15) is 9.46 Å². The maximum atomic E-state index is 11.8. The average Bonchev–Trinajstić information content (AvgIpc) is 2.66. The molecule has 4 bridgehead atoms. The average molecular weight is 473 g/mol. The Labute approximate surface area is 197 Å². The van der Waals surface area contributed by atoms with Crippen molar-refractivity contribution < 1.29 is 23.0 Å². The van der Waals surface area contributed by atoms with E-state index in [0.29, 0.717) is 17.6 Å². The fourth-order valence-corrected chi connectivity index (χ4v) is 7.83. The molecule has 1 unspecified atom stereocenters. The van der Waals surface area contributed by atoms with Gasteiger partial charge in [0.1, 0.15) is 13.2 Å². The normalized spacial score (nSPS) is 31.2. The lowest BCUT2D eigenvalue weighted by Gasteiger charge is -2.57. The minimum atomic E-state index is -3.88. The SMILES string of the molecule is C[N+](C)(C)CCOP(=O)(O)OCCCCCCCCCCCC12CC3CC(CC(C3)C1)C2. The number of hydrogen-bond acceptors (Lipinski definition) is 3. The van der Waals surface area contributed by atoms with Crippen LogP contribution in [0.2, 0.25) is 0 Å². The number of phosphoric acid groups is 1. The van der Waals surface area contributed by atoms with Gasteiger partial charge in [-0.15, -0.1) is 0 Å². The Morgan fingerprint density at radius 2 is 1.19 bits per heavy atom. The van der Waals surface area contributed by atoms with Crippen LogP contribution in [0.1, 0.15) is 103 Å². The molecule has 0 aliphatic heterocycles. The molecule has 0 heterocycles. The first kappa shape index (κ1) is 26.7. The van der Waals surface area contributed by atoms with E-state index in [1.54, 1.807) is 38.5 Å². The van der Waals surface area contributed by atoms with Gasteiger partial charge < -0.3 is 9.38 Å².